The Balaban J connectivity index is 3.72. The monoisotopic (exact) mass is 954 g/mol. The first kappa shape index (κ1) is 66.0. The highest BCUT2D eigenvalue weighted by Crippen LogP contribution is 2.16. The number of aliphatic hydroxyl groups excluding tert-OH is 4. The Hall–Kier alpha value is -1.99. The molecule has 0 radical (unpaired) electrons. The predicted octanol–water partition coefficient (Wildman–Crippen LogP) is 17.5. The molecular weight excluding hydrogens is 839 g/mol. The van der Waals surface area contributed by atoms with E-state index in [1.54, 1.807) is 0 Å². The number of nitrogens with one attached hydrogen (secondary N) is 1. The molecule has 68 heavy (non-hydrogen) atoms. The molecule has 0 aromatic carbocycles. The minimum Gasteiger partial charge on any atom is -0.394 e. The highest BCUT2D eigenvalue weighted by atomic mass is 16.3. The van der Waals surface area contributed by atoms with Gasteiger partial charge in [-0.1, -0.05) is 261 Å². The van der Waals surface area contributed by atoms with Gasteiger partial charge in [-0.2, -0.15) is 0 Å². The van der Waals surface area contributed by atoms with E-state index in [-0.39, 0.29) is 0 Å². The summed E-state index contributed by atoms with van der Waals surface area (Å²) in [5.41, 5.74) is 0. The fraction of sp³-hybridized carbons (Fsp3) is 0.823. The molecule has 0 aromatic rings. The van der Waals surface area contributed by atoms with Crippen LogP contribution in [0.15, 0.2) is 60.8 Å². The van der Waals surface area contributed by atoms with E-state index in [0.29, 0.717) is 19.3 Å². The summed E-state index contributed by atoms with van der Waals surface area (Å²) in [7, 11) is 0. The van der Waals surface area contributed by atoms with Crippen molar-refractivity contribution in [1.82, 2.24) is 5.32 Å². The Kier molecular flexibility index (Phi) is 54.3. The van der Waals surface area contributed by atoms with Crippen LogP contribution in [0.4, 0.5) is 0 Å². The van der Waals surface area contributed by atoms with E-state index < -0.39 is 36.9 Å². The van der Waals surface area contributed by atoms with Crippen LogP contribution < -0.4 is 5.32 Å². The Morgan fingerprint density at radius 3 is 1.01 bits per heavy atom. The molecule has 0 aliphatic carbocycles. The Morgan fingerprint density at radius 1 is 0.368 bits per heavy atom. The van der Waals surface area contributed by atoms with Crippen LogP contribution in [-0.4, -0.2) is 57.3 Å². The van der Waals surface area contributed by atoms with E-state index in [2.05, 4.69) is 79.9 Å². The maximum absolute atomic E-state index is 12.6. The van der Waals surface area contributed by atoms with Gasteiger partial charge < -0.3 is 25.7 Å². The van der Waals surface area contributed by atoms with Crippen LogP contribution in [-0.2, 0) is 4.79 Å². The summed E-state index contributed by atoms with van der Waals surface area (Å²) in [5, 5.41) is 44.0. The van der Waals surface area contributed by atoms with Crippen LogP contribution in [0.25, 0.3) is 0 Å². The molecule has 0 aliphatic heterocycles. The zero-order valence-electron chi connectivity index (χ0n) is 45.1. The molecule has 0 rings (SSSR count). The van der Waals surface area contributed by atoms with Gasteiger partial charge >= 0.3 is 0 Å². The van der Waals surface area contributed by atoms with Crippen molar-refractivity contribution in [1.29, 1.82) is 0 Å². The molecule has 0 saturated carbocycles. The lowest BCUT2D eigenvalue weighted by molar-refractivity contribution is -0.132. The largest absolute Gasteiger partial charge is 0.394 e. The molecule has 1 amide bonds. The van der Waals surface area contributed by atoms with Gasteiger partial charge in [0.05, 0.1) is 18.8 Å². The van der Waals surface area contributed by atoms with Gasteiger partial charge in [0.15, 0.2) is 0 Å². The van der Waals surface area contributed by atoms with Crippen molar-refractivity contribution in [3.63, 3.8) is 0 Å². The van der Waals surface area contributed by atoms with Gasteiger partial charge in [-0.25, -0.2) is 0 Å². The van der Waals surface area contributed by atoms with Crippen molar-refractivity contribution < 1.29 is 25.2 Å². The number of hydrogen-bond acceptors (Lipinski definition) is 5. The second-order valence-corrected chi connectivity index (χ2v) is 20.3. The second-order valence-electron chi connectivity index (χ2n) is 20.3. The number of amides is 1. The molecule has 0 aliphatic rings. The number of carbonyl (C=O) groups is 1. The molecule has 0 bridgehead atoms. The van der Waals surface area contributed by atoms with Crippen LogP contribution >= 0.6 is 0 Å². The highest BCUT2D eigenvalue weighted by Gasteiger charge is 2.28. The van der Waals surface area contributed by atoms with E-state index in [1.165, 1.54) is 205 Å². The third kappa shape index (κ3) is 49.0. The van der Waals surface area contributed by atoms with Crippen LogP contribution in [0.3, 0.4) is 0 Å². The maximum Gasteiger partial charge on any atom is 0.249 e. The van der Waals surface area contributed by atoms with E-state index in [4.69, 9.17) is 0 Å². The lowest BCUT2D eigenvalue weighted by Crippen LogP contribution is -2.53. The van der Waals surface area contributed by atoms with Crippen molar-refractivity contribution in [3.05, 3.63) is 60.8 Å². The SMILES string of the molecule is CCCCCCCCCCC/C=C\C/C=C\CCCCCCCCCCCCC(O)C(=O)NC(CO)C(O)C(O)CCC/C=C/CC/C=C/CC/C=C/CCCCCCCCCCCCCCC. The molecule has 6 nitrogen and oxygen atoms in total. The van der Waals surface area contributed by atoms with Crippen molar-refractivity contribution in [2.24, 2.45) is 0 Å². The van der Waals surface area contributed by atoms with Gasteiger partial charge in [0.1, 0.15) is 12.2 Å². The van der Waals surface area contributed by atoms with E-state index >= 15 is 0 Å². The topological polar surface area (TPSA) is 110 Å². The van der Waals surface area contributed by atoms with E-state index in [9.17, 15) is 25.2 Å². The zero-order chi connectivity index (χ0) is 49.5. The summed E-state index contributed by atoms with van der Waals surface area (Å²) in [6.45, 7) is 4.06. The number of unbranched alkanes of at least 4 members (excludes halogenated alkanes) is 35. The summed E-state index contributed by atoms with van der Waals surface area (Å²) < 4.78 is 0. The molecular formula is C62H115NO5. The summed E-state index contributed by atoms with van der Waals surface area (Å²) in [4.78, 5) is 12.6. The Labute approximate surface area is 422 Å². The number of carbonyl (C=O) groups excluding carboxylic acids is 1. The zero-order valence-corrected chi connectivity index (χ0v) is 45.1. The smallest absolute Gasteiger partial charge is 0.249 e. The quantitative estimate of drug-likeness (QED) is 0.0308. The summed E-state index contributed by atoms with van der Waals surface area (Å²) >= 11 is 0. The fourth-order valence-electron chi connectivity index (χ4n) is 9.00. The number of allylic oxidation sites excluding steroid dienone is 10. The van der Waals surface area contributed by atoms with Gasteiger partial charge in [0, 0.05) is 0 Å². The first-order chi connectivity index (χ1) is 33.5. The number of aliphatic hydroxyl groups is 4. The molecule has 4 atom stereocenters. The third-order valence-corrected chi connectivity index (χ3v) is 13.7. The average molecular weight is 955 g/mol. The Morgan fingerprint density at radius 2 is 0.662 bits per heavy atom. The number of rotatable bonds is 54. The molecule has 0 aromatic heterocycles. The predicted molar refractivity (Wildman–Crippen MR) is 297 cm³/mol. The van der Waals surface area contributed by atoms with Gasteiger partial charge in [-0.05, 0) is 96.3 Å². The summed E-state index contributed by atoms with van der Waals surface area (Å²) in [6.07, 6.45) is 72.9. The minimum atomic E-state index is -1.30. The molecule has 0 spiro atoms. The lowest BCUT2D eigenvalue weighted by Gasteiger charge is -2.27. The van der Waals surface area contributed by atoms with Gasteiger partial charge in [0.2, 0.25) is 5.91 Å². The van der Waals surface area contributed by atoms with Gasteiger partial charge in [-0.3, -0.25) is 4.79 Å². The standard InChI is InChI=1S/C62H115NO5/c1-3-5-7-9-11-13-15-17-19-21-23-25-27-29-31-33-35-37-39-41-43-45-47-49-51-53-55-59(65)61(67)58(57-64)63-62(68)60(66)56-54-52-50-48-46-44-42-40-38-36-34-32-30-28-26-24-22-20-18-16-14-12-10-8-6-4-2/h24,26,30-33,39,41,47,49,58-61,64-67H,3-23,25,27-29,34-38,40,42-46,48,50-57H2,1-2H3,(H,63,68)/b26-24-,32-30-,33-31+,41-39+,49-47+. The first-order valence-corrected chi connectivity index (χ1v) is 29.7. The van der Waals surface area contributed by atoms with Crippen LogP contribution in [0.2, 0.25) is 0 Å². The Bertz CT molecular complexity index is 1160. The summed E-state index contributed by atoms with van der Waals surface area (Å²) in [6, 6.07) is -1.02. The van der Waals surface area contributed by atoms with Crippen molar-refractivity contribution in [3.8, 4) is 0 Å². The average Bonchev–Trinajstić information content (AvgIpc) is 3.34. The molecule has 6 heteroatoms. The van der Waals surface area contributed by atoms with Crippen LogP contribution in [0.5, 0.6) is 0 Å². The van der Waals surface area contributed by atoms with Crippen LogP contribution in [0.1, 0.15) is 296 Å². The normalized spacial score (nSPS) is 14.1. The van der Waals surface area contributed by atoms with Gasteiger partial charge in [0.25, 0.3) is 0 Å². The van der Waals surface area contributed by atoms with Crippen molar-refractivity contribution in [2.45, 2.75) is 321 Å². The minimum absolute atomic E-state index is 0.353. The van der Waals surface area contributed by atoms with Crippen molar-refractivity contribution >= 4 is 5.91 Å². The molecule has 5 N–H and O–H groups in total. The molecule has 398 valence electrons. The van der Waals surface area contributed by atoms with Crippen molar-refractivity contribution in [2.75, 3.05) is 6.61 Å². The third-order valence-electron chi connectivity index (χ3n) is 13.7. The maximum atomic E-state index is 12.6. The molecule has 0 saturated heterocycles. The van der Waals surface area contributed by atoms with Crippen LogP contribution in [0, 0.1) is 0 Å². The molecule has 0 fully saturated rings. The molecule has 4 unspecified atom stereocenters. The molecule has 0 heterocycles. The van der Waals surface area contributed by atoms with Gasteiger partial charge in [-0.15, -0.1) is 0 Å². The lowest BCUT2D eigenvalue weighted by atomic mass is 10.00. The second kappa shape index (κ2) is 55.9. The summed E-state index contributed by atoms with van der Waals surface area (Å²) in [5.74, 6) is -0.601. The van der Waals surface area contributed by atoms with E-state index in [0.717, 1.165) is 57.8 Å². The van der Waals surface area contributed by atoms with E-state index in [1.807, 2.05) is 0 Å². The highest BCUT2D eigenvalue weighted by molar-refractivity contribution is 5.80. The first-order valence-electron chi connectivity index (χ1n) is 29.7. The number of hydrogen-bond donors (Lipinski definition) is 5. The fourth-order valence-corrected chi connectivity index (χ4v) is 9.00.